The minimum absolute atomic E-state index is 0.000315. The molecule has 0 saturated heterocycles. The van der Waals surface area contributed by atoms with Crippen molar-refractivity contribution in [1.82, 2.24) is 5.32 Å². The second-order valence-electron chi connectivity index (χ2n) is 15.0. The van der Waals surface area contributed by atoms with E-state index in [1.54, 1.807) is 0 Å². The average molecular weight is 678 g/mol. The number of carbonyl (C=O) groups is 1. The van der Waals surface area contributed by atoms with Gasteiger partial charge < -0.3 is 14.8 Å². The molecule has 0 aliphatic carbocycles. The molecule has 0 fully saturated rings. The van der Waals surface area contributed by atoms with Gasteiger partial charge in [0.05, 0.1) is 18.0 Å². The van der Waals surface area contributed by atoms with E-state index in [4.69, 9.17) is 9.47 Å². The van der Waals surface area contributed by atoms with Crippen LogP contribution in [0.5, 0.6) is 0 Å². The maximum atomic E-state index is 12.1. The second kappa shape index (κ2) is 38.8. The first-order valence-corrected chi connectivity index (χ1v) is 21.8. The lowest BCUT2D eigenvalue weighted by Gasteiger charge is -2.21. The predicted molar refractivity (Wildman–Crippen MR) is 212 cm³/mol. The third-order valence-electron chi connectivity index (χ3n) is 9.93. The summed E-state index contributed by atoms with van der Waals surface area (Å²) in [5.74, 6) is 1.03. The fraction of sp³-hybridized carbons (Fsp3) is 0.932. The molecule has 0 amide bonds. The van der Waals surface area contributed by atoms with E-state index in [0.717, 1.165) is 44.5 Å². The van der Waals surface area contributed by atoms with Gasteiger partial charge in [0.1, 0.15) is 0 Å². The van der Waals surface area contributed by atoms with Crippen molar-refractivity contribution in [1.29, 1.82) is 0 Å². The maximum absolute atomic E-state index is 12.1. The van der Waals surface area contributed by atoms with Crippen molar-refractivity contribution in [3.05, 3.63) is 12.3 Å². The third kappa shape index (κ3) is 36.3. The molecule has 48 heavy (non-hydrogen) atoms. The molecular formula is C44H87NO3. The van der Waals surface area contributed by atoms with Crippen molar-refractivity contribution in [3.8, 4) is 0 Å². The predicted octanol–water partition coefficient (Wildman–Crippen LogP) is 14.3. The maximum Gasteiger partial charge on any atom is 0.306 e. The molecule has 0 heterocycles. The van der Waals surface area contributed by atoms with Crippen LogP contribution < -0.4 is 5.32 Å². The summed E-state index contributed by atoms with van der Waals surface area (Å²) in [5, 5.41) is 3.63. The Morgan fingerprint density at radius 1 is 0.479 bits per heavy atom. The van der Waals surface area contributed by atoms with Gasteiger partial charge in [-0.25, -0.2) is 0 Å². The first-order valence-electron chi connectivity index (χ1n) is 21.8. The van der Waals surface area contributed by atoms with Gasteiger partial charge >= 0.3 is 5.97 Å². The molecule has 0 aliphatic heterocycles. The molecule has 0 aliphatic rings. The van der Waals surface area contributed by atoms with Crippen LogP contribution in [0, 0.1) is 0 Å². The molecule has 1 N–H and O–H groups in total. The highest BCUT2D eigenvalue weighted by molar-refractivity contribution is 5.69. The summed E-state index contributed by atoms with van der Waals surface area (Å²) < 4.78 is 12.0. The zero-order chi connectivity index (χ0) is 35.2. The molecule has 0 rings (SSSR count). The van der Waals surface area contributed by atoms with Crippen LogP contribution in [-0.2, 0) is 14.3 Å². The van der Waals surface area contributed by atoms with E-state index in [2.05, 4.69) is 39.6 Å². The third-order valence-corrected chi connectivity index (χ3v) is 9.93. The lowest BCUT2D eigenvalue weighted by molar-refractivity contribution is -0.148. The minimum atomic E-state index is -0.000315. The van der Waals surface area contributed by atoms with Crippen LogP contribution in [0.25, 0.3) is 0 Å². The highest BCUT2D eigenvalue weighted by Crippen LogP contribution is 2.21. The van der Waals surface area contributed by atoms with E-state index >= 15 is 0 Å². The van der Waals surface area contributed by atoms with E-state index in [1.807, 2.05) is 0 Å². The largest absolute Gasteiger partial charge is 0.495 e. The highest BCUT2D eigenvalue weighted by Gasteiger charge is 2.12. The zero-order valence-corrected chi connectivity index (χ0v) is 33.3. The molecule has 1 atom stereocenters. The molecule has 1 unspecified atom stereocenters. The smallest absolute Gasteiger partial charge is 0.306 e. The van der Waals surface area contributed by atoms with Gasteiger partial charge in [-0.15, -0.1) is 0 Å². The van der Waals surface area contributed by atoms with Gasteiger partial charge in [0.2, 0.25) is 0 Å². The standard InChI is InChI=1S/C44H87NO3/c1-6-9-12-15-20-28-35-42(5)48-44(46)38-31-24-19-26-33-40-45-39-32-25-18-21-27-34-41(4)47-43(36-29-22-16-13-10-7-2)37-30-23-17-14-11-8-3/h42-43,45H,4,6-40H2,1-3,5H3. The lowest BCUT2D eigenvalue weighted by Crippen LogP contribution is -2.16. The number of esters is 1. The van der Waals surface area contributed by atoms with Crippen LogP contribution in [0.4, 0.5) is 0 Å². The molecule has 0 radical (unpaired) electrons. The fourth-order valence-corrected chi connectivity index (χ4v) is 6.69. The molecule has 0 spiro atoms. The van der Waals surface area contributed by atoms with Gasteiger partial charge in [0.25, 0.3) is 0 Å². The molecule has 0 bridgehead atoms. The van der Waals surface area contributed by atoms with E-state index in [0.29, 0.717) is 12.5 Å². The Kier molecular flexibility index (Phi) is 37.9. The lowest BCUT2D eigenvalue weighted by atomic mass is 10.0. The SMILES string of the molecule is C=C(CCCCCCCNCCCCCCCC(=O)OC(C)CCCCCCCC)OC(CCCCCCCC)CCCCCCCC. The summed E-state index contributed by atoms with van der Waals surface area (Å²) in [4.78, 5) is 12.1. The summed E-state index contributed by atoms with van der Waals surface area (Å²) in [6, 6.07) is 0. The Bertz CT molecular complexity index is 650. The molecule has 0 saturated carbocycles. The molecular weight excluding hydrogens is 590 g/mol. The fourth-order valence-electron chi connectivity index (χ4n) is 6.69. The Morgan fingerprint density at radius 3 is 1.33 bits per heavy atom. The molecule has 4 heteroatoms. The van der Waals surface area contributed by atoms with Crippen LogP contribution in [0.3, 0.4) is 0 Å². The van der Waals surface area contributed by atoms with Crippen LogP contribution in [0.1, 0.15) is 240 Å². The van der Waals surface area contributed by atoms with Crippen molar-refractivity contribution >= 4 is 5.97 Å². The van der Waals surface area contributed by atoms with Crippen molar-refractivity contribution in [2.24, 2.45) is 0 Å². The number of unbranched alkanes of at least 4 members (excludes halogenated alkanes) is 23. The number of hydrogen-bond donors (Lipinski definition) is 1. The van der Waals surface area contributed by atoms with Gasteiger partial charge in [-0.2, -0.15) is 0 Å². The Balaban J connectivity index is 3.69. The molecule has 0 aromatic carbocycles. The van der Waals surface area contributed by atoms with Crippen molar-refractivity contribution < 1.29 is 14.3 Å². The molecule has 286 valence electrons. The van der Waals surface area contributed by atoms with E-state index in [1.165, 1.54) is 180 Å². The zero-order valence-electron chi connectivity index (χ0n) is 33.3. The first-order chi connectivity index (χ1) is 23.5. The van der Waals surface area contributed by atoms with E-state index in [-0.39, 0.29) is 12.1 Å². The van der Waals surface area contributed by atoms with Gasteiger partial charge in [0.15, 0.2) is 0 Å². The molecule has 0 aromatic heterocycles. The average Bonchev–Trinajstić information content (AvgIpc) is 3.07. The number of rotatable bonds is 40. The van der Waals surface area contributed by atoms with Crippen LogP contribution >= 0.6 is 0 Å². The minimum Gasteiger partial charge on any atom is -0.495 e. The van der Waals surface area contributed by atoms with Crippen molar-refractivity contribution in [3.63, 3.8) is 0 Å². The molecule has 4 nitrogen and oxygen atoms in total. The number of ether oxygens (including phenoxy) is 2. The summed E-state index contributed by atoms with van der Waals surface area (Å²) in [7, 11) is 0. The van der Waals surface area contributed by atoms with Crippen LogP contribution in [0.15, 0.2) is 12.3 Å². The first kappa shape index (κ1) is 47.0. The number of carbonyl (C=O) groups excluding carboxylic acids is 1. The Labute approximate surface area is 302 Å². The summed E-state index contributed by atoms with van der Waals surface area (Å²) in [6.07, 6.45) is 41.7. The Hall–Kier alpha value is -1.03. The Morgan fingerprint density at radius 2 is 0.854 bits per heavy atom. The highest BCUT2D eigenvalue weighted by atomic mass is 16.5. The van der Waals surface area contributed by atoms with Gasteiger partial charge in [-0.05, 0) is 84.2 Å². The van der Waals surface area contributed by atoms with Gasteiger partial charge in [0, 0.05) is 12.8 Å². The summed E-state index contributed by atoms with van der Waals surface area (Å²) in [6.45, 7) is 15.5. The number of allylic oxidation sites excluding steroid dienone is 1. The topological polar surface area (TPSA) is 47.6 Å². The van der Waals surface area contributed by atoms with Crippen molar-refractivity contribution in [2.75, 3.05) is 13.1 Å². The number of hydrogen-bond acceptors (Lipinski definition) is 4. The second-order valence-corrected chi connectivity index (χ2v) is 15.0. The van der Waals surface area contributed by atoms with E-state index < -0.39 is 0 Å². The molecule has 0 aromatic rings. The van der Waals surface area contributed by atoms with Gasteiger partial charge in [-0.3, -0.25) is 4.79 Å². The summed E-state index contributed by atoms with van der Waals surface area (Å²) in [5.41, 5.74) is 0. The quantitative estimate of drug-likeness (QED) is 0.0398. The monoisotopic (exact) mass is 678 g/mol. The van der Waals surface area contributed by atoms with E-state index in [9.17, 15) is 4.79 Å². The normalized spacial score (nSPS) is 12.1. The summed E-state index contributed by atoms with van der Waals surface area (Å²) >= 11 is 0. The van der Waals surface area contributed by atoms with Crippen LogP contribution in [0.2, 0.25) is 0 Å². The number of nitrogens with one attached hydrogen (secondary N) is 1. The van der Waals surface area contributed by atoms with Crippen molar-refractivity contribution in [2.45, 2.75) is 252 Å². The van der Waals surface area contributed by atoms with Crippen LogP contribution in [-0.4, -0.2) is 31.3 Å². The van der Waals surface area contributed by atoms with Gasteiger partial charge in [-0.1, -0.05) is 162 Å².